The Morgan fingerprint density at radius 3 is 2.33 bits per heavy atom. The smallest absolute Gasteiger partial charge is 0.416 e. The number of hydrogen-bond donors (Lipinski definition) is 1. The van der Waals surface area contributed by atoms with Crippen molar-refractivity contribution < 1.29 is 27.8 Å². The van der Waals surface area contributed by atoms with Crippen molar-refractivity contribution in [3.8, 4) is 16.9 Å². The number of esters is 1. The maximum Gasteiger partial charge on any atom is 0.416 e. The lowest BCUT2D eigenvalue weighted by Crippen LogP contribution is -2.07. The Kier molecular flexibility index (Phi) is 5.88. The molecule has 0 aliphatic rings. The van der Waals surface area contributed by atoms with Crippen LogP contribution in [0.5, 0.6) is 5.75 Å². The molecule has 0 fully saturated rings. The van der Waals surface area contributed by atoms with Crippen LogP contribution < -0.4 is 0 Å². The normalized spacial score (nSPS) is 11.8. The van der Waals surface area contributed by atoms with Gasteiger partial charge in [0.1, 0.15) is 5.75 Å². The van der Waals surface area contributed by atoms with Crippen LogP contribution in [-0.4, -0.2) is 22.8 Å². The van der Waals surface area contributed by atoms with Gasteiger partial charge in [-0.05, 0) is 65.2 Å². The van der Waals surface area contributed by atoms with Crippen LogP contribution in [0.3, 0.4) is 0 Å². The molecule has 0 aliphatic heterocycles. The number of nitrogens with zero attached hydrogens (tertiary/aromatic N) is 1. The highest BCUT2D eigenvalue weighted by molar-refractivity contribution is 6.30. The van der Waals surface area contributed by atoms with E-state index in [0.717, 1.165) is 17.7 Å². The van der Waals surface area contributed by atoms with E-state index in [4.69, 9.17) is 16.3 Å². The van der Waals surface area contributed by atoms with Gasteiger partial charge in [-0.15, -0.1) is 0 Å². The lowest BCUT2D eigenvalue weighted by Gasteiger charge is -2.12. The van der Waals surface area contributed by atoms with Gasteiger partial charge in [0, 0.05) is 17.0 Å². The summed E-state index contributed by atoms with van der Waals surface area (Å²) in [5.74, 6) is -0.651. The first kappa shape index (κ1) is 23.8. The molecule has 0 radical (unpaired) electrons. The third kappa shape index (κ3) is 4.16. The van der Waals surface area contributed by atoms with E-state index in [0.29, 0.717) is 38.0 Å². The number of ether oxygens (including phenoxy) is 1. The number of methoxy groups -OCH3 is 1. The predicted octanol–water partition coefficient (Wildman–Crippen LogP) is 7.67. The largest absolute Gasteiger partial charge is 0.507 e. The minimum absolute atomic E-state index is 0.0680. The molecule has 5 rings (SSSR count). The van der Waals surface area contributed by atoms with Gasteiger partial charge in [0.2, 0.25) is 0 Å². The van der Waals surface area contributed by atoms with Gasteiger partial charge in [-0.2, -0.15) is 13.2 Å². The number of rotatable bonds is 4. The molecule has 8 heteroatoms. The molecule has 5 aromatic rings. The minimum atomic E-state index is -4.48. The number of hydrogen-bond acceptors (Lipinski definition) is 3. The van der Waals surface area contributed by atoms with Crippen LogP contribution >= 0.6 is 11.6 Å². The second kappa shape index (κ2) is 8.91. The maximum atomic E-state index is 13.4. The molecule has 1 heterocycles. The fourth-order valence-electron chi connectivity index (χ4n) is 4.53. The summed E-state index contributed by atoms with van der Waals surface area (Å²) in [6.07, 6.45) is -4.48. The quantitative estimate of drug-likeness (QED) is 0.253. The fraction of sp³-hybridized carbons (Fsp3) is 0.107. The van der Waals surface area contributed by atoms with E-state index in [2.05, 4.69) is 0 Å². The predicted molar refractivity (Wildman–Crippen MR) is 133 cm³/mol. The lowest BCUT2D eigenvalue weighted by molar-refractivity contribution is -0.137. The molecule has 1 aromatic heterocycles. The topological polar surface area (TPSA) is 51.5 Å². The number of phenolic OH excluding ortho intramolecular Hbond substituents is 1. The van der Waals surface area contributed by atoms with Gasteiger partial charge in [-0.25, -0.2) is 4.79 Å². The number of aromatic nitrogens is 1. The Hall–Kier alpha value is -3.97. The SMILES string of the molecule is COC(=O)c1cccc2c1c1c(O)cc(-c3ccc(Cl)cc3)cc1n2Cc1cccc(C(F)(F)F)c1. The highest BCUT2D eigenvalue weighted by Gasteiger charge is 2.30. The van der Waals surface area contributed by atoms with Gasteiger partial charge in [0.15, 0.2) is 0 Å². The summed E-state index contributed by atoms with van der Waals surface area (Å²) in [7, 11) is 1.27. The molecule has 0 atom stereocenters. The Balaban J connectivity index is 1.80. The van der Waals surface area contributed by atoms with Crippen LogP contribution in [0.15, 0.2) is 78.9 Å². The number of carbonyl (C=O) groups excluding carboxylic acids is 1. The number of phenols is 1. The molecular weight excluding hydrogens is 491 g/mol. The van der Waals surface area contributed by atoms with Gasteiger partial charge in [-0.3, -0.25) is 0 Å². The number of halogens is 4. The first-order valence-electron chi connectivity index (χ1n) is 11.0. The summed E-state index contributed by atoms with van der Waals surface area (Å²) < 4.78 is 46.8. The molecule has 0 bridgehead atoms. The van der Waals surface area contributed by atoms with Crippen molar-refractivity contribution >= 4 is 39.4 Å². The zero-order valence-electron chi connectivity index (χ0n) is 18.9. The second-order valence-electron chi connectivity index (χ2n) is 8.37. The number of carbonyl (C=O) groups is 1. The Bertz CT molecular complexity index is 1620. The van der Waals surface area contributed by atoms with Crippen molar-refractivity contribution in [3.05, 3.63) is 101 Å². The molecule has 0 spiro atoms. The first-order chi connectivity index (χ1) is 17.2. The summed E-state index contributed by atoms with van der Waals surface area (Å²) in [6.45, 7) is 0.0814. The molecule has 0 amide bonds. The van der Waals surface area contributed by atoms with Crippen LogP contribution in [0.2, 0.25) is 5.02 Å². The fourth-order valence-corrected chi connectivity index (χ4v) is 4.65. The van der Waals surface area contributed by atoms with Crippen LogP contribution in [0.25, 0.3) is 32.9 Å². The number of aromatic hydroxyl groups is 1. The zero-order valence-corrected chi connectivity index (χ0v) is 19.7. The molecule has 1 N–H and O–H groups in total. The minimum Gasteiger partial charge on any atom is -0.507 e. The zero-order chi connectivity index (χ0) is 25.6. The molecule has 0 aliphatic carbocycles. The molecule has 182 valence electrons. The maximum absolute atomic E-state index is 13.4. The number of alkyl halides is 3. The van der Waals surface area contributed by atoms with E-state index in [9.17, 15) is 23.1 Å². The Labute approximate surface area is 209 Å². The van der Waals surface area contributed by atoms with Crippen LogP contribution in [0.4, 0.5) is 13.2 Å². The van der Waals surface area contributed by atoms with E-state index >= 15 is 0 Å². The average Bonchev–Trinajstić information content (AvgIpc) is 3.17. The van der Waals surface area contributed by atoms with Gasteiger partial charge in [0.05, 0.1) is 34.7 Å². The van der Waals surface area contributed by atoms with Crippen LogP contribution in [-0.2, 0) is 17.5 Å². The molecule has 0 unspecified atom stereocenters. The highest BCUT2D eigenvalue weighted by atomic mass is 35.5. The monoisotopic (exact) mass is 509 g/mol. The van der Waals surface area contributed by atoms with E-state index in [1.165, 1.54) is 13.2 Å². The molecule has 4 nitrogen and oxygen atoms in total. The van der Waals surface area contributed by atoms with Gasteiger partial charge in [0.25, 0.3) is 0 Å². The Morgan fingerprint density at radius 1 is 0.917 bits per heavy atom. The second-order valence-corrected chi connectivity index (χ2v) is 8.81. The summed E-state index contributed by atoms with van der Waals surface area (Å²) in [5, 5.41) is 12.6. The first-order valence-corrected chi connectivity index (χ1v) is 11.3. The molecule has 0 saturated carbocycles. The average molecular weight is 510 g/mol. The van der Waals surface area contributed by atoms with E-state index in [-0.39, 0.29) is 17.9 Å². The standard InChI is InChI=1S/C28H19ClF3NO3/c1-36-27(35)21-6-3-7-22-25(21)26-23(13-18(14-24(26)34)17-8-10-20(29)11-9-17)33(22)15-16-4-2-5-19(12-16)28(30,31)32/h2-14,34H,15H2,1H3. The van der Waals surface area contributed by atoms with E-state index in [1.54, 1.807) is 47.0 Å². The highest BCUT2D eigenvalue weighted by Crippen LogP contribution is 2.41. The number of fused-ring (bicyclic) bond motifs is 3. The summed E-state index contributed by atoms with van der Waals surface area (Å²) in [4.78, 5) is 12.6. The van der Waals surface area contributed by atoms with Gasteiger partial charge < -0.3 is 14.4 Å². The van der Waals surface area contributed by atoms with Crippen molar-refractivity contribution in [2.24, 2.45) is 0 Å². The molecule has 4 aromatic carbocycles. The molecular formula is C28H19ClF3NO3. The van der Waals surface area contributed by atoms with E-state index < -0.39 is 17.7 Å². The van der Waals surface area contributed by atoms with Crippen molar-refractivity contribution in [1.82, 2.24) is 4.57 Å². The van der Waals surface area contributed by atoms with Crippen molar-refractivity contribution in [3.63, 3.8) is 0 Å². The lowest BCUT2D eigenvalue weighted by atomic mass is 10.0. The molecule has 0 saturated heterocycles. The van der Waals surface area contributed by atoms with E-state index in [1.807, 2.05) is 18.2 Å². The summed E-state index contributed by atoms with van der Waals surface area (Å²) in [5.41, 5.74) is 2.53. The van der Waals surface area contributed by atoms with Gasteiger partial charge in [-0.1, -0.05) is 41.9 Å². The van der Waals surface area contributed by atoms with Crippen molar-refractivity contribution in [2.45, 2.75) is 12.7 Å². The third-order valence-electron chi connectivity index (χ3n) is 6.15. The van der Waals surface area contributed by atoms with Crippen molar-refractivity contribution in [1.29, 1.82) is 0 Å². The summed E-state index contributed by atoms with van der Waals surface area (Å²) in [6, 6.07) is 20.6. The summed E-state index contributed by atoms with van der Waals surface area (Å²) >= 11 is 6.02. The molecule has 36 heavy (non-hydrogen) atoms. The third-order valence-corrected chi connectivity index (χ3v) is 6.40. The van der Waals surface area contributed by atoms with Gasteiger partial charge >= 0.3 is 12.1 Å². The van der Waals surface area contributed by atoms with Crippen LogP contribution in [0, 0.1) is 0 Å². The van der Waals surface area contributed by atoms with Crippen LogP contribution in [0.1, 0.15) is 21.5 Å². The van der Waals surface area contributed by atoms with Crippen molar-refractivity contribution in [2.75, 3.05) is 7.11 Å². The number of benzene rings is 4. The Morgan fingerprint density at radius 2 is 1.64 bits per heavy atom.